The molecule has 3 aromatic heterocycles. The van der Waals surface area contributed by atoms with Crippen molar-refractivity contribution < 1.29 is 0 Å². The average Bonchev–Trinajstić information content (AvgIpc) is 2.91. The number of aryl methyl sites for hydroxylation is 1. The summed E-state index contributed by atoms with van der Waals surface area (Å²) >= 11 is 0. The normalized spacial score (nSPS) is 11.8. The monoisotopic (exact) mass is 295 g/mol. The van der Waals surface area contributed by atoms with Crippen molar-refractivity contribution in [1.29, 1.82) is 0 Å². The first-order valence-corrected chi connectivity index (χ1v) is 7.13. The number of fused-ring (bicyclic) bond motifs is 1. The van der Waals surface area contributed by atoms with Crippen molar-refractivity contribution in [2.24, 2.45) is 0 Å². The Hall–Kier alpha value is -2.76. The first kappa shape index (κ1) is 14.2. The van der Waals surface area contributed by atoms with E-state index in [0.717, 1.165) is 11.3 Å². The van der Waals surface area contributed by atoms with E-state index in [-0.39, 0.29) is 11.6 Å². The number of aromatic nitrogens is 5. The zero-order valence-electron chi connectivity index (χ0n) is 12.7. The van der Waals surface area contributed by atoms with Crippen LogP contribution in [0.1, 0.15) is 37.0 Å². The summed E-state index contributed by atoms with van der Waals surface area (Å²) in [4.78, 5) is 23.6. The van der Waals surface area contributed by atoms with E-state index in [0.29, 0.717) is 16.9 Å². The number of nitrogens with one attached hydrogen (secondary N) is 1. The summed E-state index contributed by atoms with van der Waals surface area (Å²) in [7, 11) is 0. The summed E-state index contributed by atoms with van der Waals surface area (Å²) in [5.41, 5.74) is 2.33. The molecule has 3 heterocycles. The van der Waals surface area contributed by atoms with Gasteiger partial charge in [0.2, 0.25) is 0 Å². The molecule has 0 saturated heterocycles. The van der Waals surface area contributed by atoms with Crippen LogP contribution in [0, 0.1) is 6.92 Å². The summed E-state index contributed by atoms with van der Waals surface area (Å²) in [6.45, 7) is 5.94. The zero-order chi connectivity index (χ0) is 15.7. The average molecular weight is 295 g/mol. The predicted octanol–water partition coefficient (Wildman–Crippen LogP) is 2.57. The van der Waals surface area contributed by atoms with Gasteiger partial charge in [-0.25, -0.2) is 9.67 Å². The maximum Gasteiger partial charge on any atom is 0.262 e. The summed E-state index contributed by atoms with van der Waals surface area (Å²) in [5.74, 6) is 0.503. The lowest BCUT2D eigenvalue weighted by molar-refractivity contribution is 0.546. The Morgan fingerprint density at radius 2 is 2.14 bits per heavy atom. The van der Waals surface area contributed by atoms with Gasteiger partial charge in [0.05, 0.1) is 6.20 Å². The summed E-state index contributed by atoms with van der Waals surface area (Å²) in [6.07, 6.45) is 6.98. The smallest absolute Gasteiger partial charge is 0.262 e. The van der Waals surface area contributed by atoms with E-state index in [1.165, 1.54) is 0 Å². The van der Waals surface area contributed by atoms with E-state index in [2.05, 4.69) is 20.1 Å². The van der Waals surface area contributed by atoms with Crippen LogP contribution in [0.15, 0.2) is 29.3 Å². The Balaban J connectivity index is 2.06. The van der Waals surface area contributed by atoms with Crippen LogP contribution in [0.3, 0.4) is 0 Å². The van der Waals surface area contributed by atoms with Gasteiger partial charge in [-0.1, -0.05) is 6.07 Å². The molecule has 3 rings (SSSR count). The minimum atomic E-state index is -0.181. The van der Waals surface area contributed by atoms with Gasteiger partial charge < -0.3 is 4.98 Å². The first-order valence-electron chi connectivity index (χ1n) is 7.13. The lowest BCUT2D eigenvalue weighted by Crippen LogP contribution is -2.11. The lowest BCUT2D eigenvalue weighted by Gasteiger charge is -2.06. The van der Waals surface area contributed by atoms with Crippen molar-refractivity contribution in [2.75, 3.05) is 0 Å². The lowest BCUT2D eigenvalue weighted by atomic mass is 10.2. The van der Waals surface area contributed by atoms with Gasteiger partial charge in [0.15, 0.2) is 5.65 Å². The number of hydrogen-bond acceptors (Lipinski definition) is 4. The Morgan fingerprint density at radius 1 is 1.32 bits per heavy atom. The van der Waals surface area contributed by atoms with E-state index in [1.54, 1.807) is 23.2 Å². The van der Waals surface area contributed by atoms with Crippen LogP contribution >= 0.6 is 0 Å². The van der Waals surface area contributed by atoms with Gasteiger partial charge in [-0.15, -0.1) is 0 Å². The summed E-state index contributed by atoms with van der Waals surface area (Å²) < 4.78 is 1.75. The standard InChI is InChI=1S/C16H17N5O/c1-10(2)21-15-13(9-18-21)16(22)20-14(19-15)7-6-12-5-4-8-17-11(12)3/h4-10H,1-3H3,(H,19,20,22)/b7-6+. The number of H-pyrrole nitrogens is 1. The Labute approximate surface area is 127 Å². The molecule has 22 heavy (non-hydrogen) atoms. The SMILES string of the molecule is Cc1ncccc1/C=C/c1nc2c(cnn2C(C)C)c(=O)[nH]1. The highest BCUT2D eigenvalue weighted by atomic mass is 16.1. The molecule has 0 fully saturated rings. The topological polar surface area (TPSA) is 76.5 Å². The summed E-state index contributed by atoms with van der Waals surface area (Å²) in [5, 5.41) is 4.73. The highest BCUT2D eigenvalue weighted by Crippen LogP contribution is 2.13. The fourth-order valence-corrected chi connectivity index (χ4v) is 2.25. The number of nitrogens with zero attached hydrogens (tertiary/aromatic N) is 4. The second-order valence-corrected chi connectivity index (χ2v) is 5.38. The molecule has 0 aliphatic rings. The van der Waals surface area contributed by atoms with Gasteiger partial charge in [-0.3, -0.25) is 9.78 Å². The molecule has 112 valence electrons. The van der Waals surface area contributed by atoms with Gasteiger partial charge in [-0.05, 0) is 44.6 Å². The van der Waals surface area contributed by atoms with Crippen LogP contribution in [0.4, 0.5) is 0 Å². The van der Waals surface area contributed by atoms with E-state index < -0.39 is 0 Å². The van der Waals surface area contributed by atoms with Crippen LogP contribution in [0.5, 0.6) is 0 Å². The van der Waals surface area contributed by atoms with Crippen LogP contribution < -0.4 is 5.56 Å². The molecule has 0 spiro atoms. The van der Waals surface area contributed by atoms with Crippen molar-refractivity contribution in [2.45, 2.75) is 26.8 Å². The minimum absolute atomic E-state index is 0.143. The molecule has 0 aliphatic carbocycles. The molecule has 6 heteroatoms. The van der Waals surface area contributed by atoms with Crippen LogP contribution in [0.2, 0.25) is 0 Å². The number of aromatic amines is 1. The Morgan fingerprint density at radius 3 is 2.86 bits per heavy atom. The molecule has 1 N–H and O–H groups in total. The predicted molar refractivity (Wildman–Crippen MR) is 86.4 cm³/mol. The third-order valence-electron chi connectivity index (χ3n) is 3.44. The van der Waals surface area contributed by atoms with Crippen molar-refractivity contribution in [3.8, 4) is 0 Å². The van der Waals surface area contributed by atoms with Crippen LogP contribution in [0.25, 0.3) is 23.2 Å². The molecule has 0 aromatic carbocycles. The van der Waals surface area contributed by atoms with Crippen LogP contribution in [-0.2, 0) is 0 Å². The number of pyridine rings is 1. The minimum Gasteiger partial charge on any atom is -0.306 e. The first-order chi connectivity index (χ1) is 10.6. The zero-order valence-corrected chi connectivity index (χ0v) is 12.7. The van der Waals surface area contributed by atoms with E-state index in [9.17, 15) is 4.79 Å². The second kappa shape index (κ2) is 5.55. The molecule has 0 aliphatic heterocycles. The van der Waals surface area contributed by atoms with E-state index >= 15 is 0 Å². The third kappa shape index (κ3) is 2.55. The van der Waals surface area contributed by atoms with Gasteiger partial charge in [0, 0.05) is 17.9 Å². The summed E-state index contributed by atoms with van der Waals surface area (Å²) in [6, 6.07) is 3.98. The number of hydrogen-bond donors (Lipinski definition) is 1. The van der Waals surface area contributed by atoms with E-state index in [4.69, 9.17) is 0 Å². The Bertz CT molecular complexity index is 904. The van der Waals surface area contributed by atoms with Crippen molar-refractivity contribution in [3.63, 3.8) is 0 Å². The van der Waals surface area contributed by atoms with Gasteiger partial charge in [0.25, 0.3) is 5.56 Å². The molecule has 0 saturated carbocycles. The quantitative estimate of drug-likeness (QED) is 0.805. The largest absolute Gasteiger partial charge is 0.306 e. The Kier molecular flexibility index (Phi) is 3.58. The maximum absolute atomic E-state index is 12.1. The molecule has 0 amide bonds. The highest BCUT2D eigenvalue weighted by Gasteiger charge is 2.11. The number of rotatable bonds is 3. The second-order valence-electron chi connectivity index (χ2n) is 5.38. The molecular weight excluding hydrogens is 278 g/mol. The fraction of sp³-hybridized carbons (Fsp3) is 0.250. The van der Waals surface area contributed by atoms with Crippen molar-refractivity contribution in [3.05, 3.63) is 52.0 Å². The third-order valence-corrected chi connectivity index (χ3v) is 3.44. The molecule has 0 atom stereocenters. The fourth-order valence-electron chi connectivity index (χ4n) is 2.25. The molecular formula is C16H17N5O. The molecule has 3 aromatic rings. The van der Waals surface area contributed by atoms with Gasteiger partial charge in [0.1, 0.15) is 11.2 Å². The van der Waals surface area contributed by atoms with Gasteiger partial charge in [-0.2, -0.15) is 5.10 Å². The molecule has 0 bridgehead atoms. The van der Waals surface area contributed by atoms with E-state index in [1.807, 2.05) is 39.0 Å². The highest BCUT2D eigenvalue weighted by molar-refractivity contribution is 5.76. The molecule has 0 unspecified atom stereocenters. The molecule has 0 radical (unpaired) electrons. The van der Waals surface area contributed by atoms with Gasteiger partial charge >= 0.3 is 0 Å². The maximum atomic E-state index is 12.1. The van der Waals surface area contributed by atoms with Crippen LogP contribution in [-0.4, -0.2) is 24.7 Å². The molecule has 6 nitrogen and oxygen atoms in total. The van der Waals surface area contributed by atoms with Crippen molar-refractivity contribution in [1.82, 2.24) is 24.7 Å². The van der Waals surface area contributed by atoms with Crippen molar-refractivity contribution >= 4 is 23.2 Å².